The van der Waals surface area contributed by atoms with E-state index in [0.717, 1.165) is 0 Å². The van der Waals surface area contributed by atoms with Crippen LogP contribution >= 0.6 is 11.3 Å². The number of methoxy groups -OCH3 is 1. The predicted octanol–water partition coefficient (Wildman–Crippen LogP) is 4.11. The number of rotatable bonds is 6. The summed E-state index contributed by atoms with van der Waals surface area (Å²) in [6.07, 6.45) is -0.187. The Kier molecular flexibility index (Phi) is 5.46. The van der Waals surface area contributed by atoms with Crippen molar-refractivity contribution in [2.75, 3.05) is 12.4 Å². The van der Waals surface area contributed by atoms with E-state index in [1.165, 1.54) is 30.6 Å². The maximum Gasteiger partial charge on any atom is 0.337 e. The van der Waals surface area contributed by atoms with E-state index in [9.17, 15) is 14.0 Å². The van der Waals surface area contributed by atoms with Gasteiger partial charge < -0.3 is 15.2 Å². The molecule has 0 aliphatic heterocycles. The molecular weight excluding hydrogens is 371 g/mol. The van der Waals surface area contributed by atoms with Crippen molar-refractivity contribution in [3.63, 3.8) is 0 Å². The molecule has 0 aliphatic carbocycles. The highest BCUT2D eigenvalue weighted by Gasteiger charge is 2.16. The number of nitrogens with one attached hydrogen (secondary N) is 1. The first-order valence-electron chi connectivity index (χ1n) is 7.89. The van der Waals surface area contributed by atoms with E-state index < -0.39 is 11.9 Å². The van der Waals surface area contributed by atoms with Crippen molar-refractivity contribution in [3.8, 4) is 11.3 Å². The molecule has 0 radical (unpaired) electrons. The number of esters is 1. The first kappa shape index (κ1) is 18.5. The molecule has 27 heavy (non-hydrogen) atoms. The smallest absolute Gasteiger partial charge is 0.337 e. The van der Waals surface area contributed by atoms with E-state index in [0.29, 0.717) is 32.5 Å². The van der Waals surface area contributed by atoms with Gasteiger partial charge in [0.25, 0.3) is 0 Å². The lowest BCUT2D eigenvalue weighted by Gasteiger charge is -2.04. The Bertz CT molecular complexity index is 968. The molecule has 0 atom stereocenters. The standard InChI is InChI=1S/C19H15FN2O4S/c1-26-18(25)12-4-8-14(9-5-12)21-19-22-17(15(27-19)10-16(23)24)11-2-6-13(20)7-3-11/h2-9H,10H2,1H3,(H,21,22)(H,23,24). The number of carbonyl (C=O) groups is 2. The first-order chi connectivity index (χ1) is 13.0. The van der Waals surface area contributed by atoms with Gasteiger partial charge in [0.1, 0.15) is 5.82 Å². The van der Waals surface area contributed by atoms with Crippen LogP contribution in [0.25, 0.3) is 11.3 Å². The van der Waals surface area contributed by atoms with Gasteiger partial charge in [0.15, 0.2) is 5.13 Å². The van der Waals surface area contributed by atoms with Crippen LogP contribution < -0.4 is 5.32 Å². The minimum atomic E-state index is -0.976. The molecule has 0 saturated carbocycles. The second-order valence-electron chi connectivity index (χ2n) is 5.56. The lowest BCUT2D eigenvalue weighted by atomic mass is 10.1. The van der Waals surface area contributed by atoms with Gasteiger partial charge in [-0.3, -0.25) is 4.79 Å². The van der Waals surface area contributed by atoms with Crippen molar-refractivity contribution in [1.29, 1.82) is 0 Å². The highest BCUT2D eigenvalue weighted by molar-refractivity contribution is 7.16. The number of aromatic nitrogens is 1. The summed E-state index contributed by atoms with van der Waals surface area (Å²) in [4.78, 5) is 27.7. The van der Waals surface area contributed by atoms with Crippen LogP contribution in [0.5, 0.6) is 0 Å². The highest BCUT2D eigenvalue weighted by Crippen LogP contribution is 2.33. The van der Waals surface area contributed by atoms with Gasteiger partial charge in [0, 0.05) is 16.1 Å². The van der Waals surface area contributed by atoms with E-state index in [1.54, 1.807) is 36.4 Å². The van der Waals surface area contributed by atoms with Crippen LogP contribution in [0, 0.1) is 5.82 Å². The summed E-state index contributed by atoms with van der Waals surface area (Å²) in [5.41, 5.74) is 2.23. The molecule has 8 heteroatoms. The Morgan fingerprint density at radius 2 is 1.81 bits per heavy atom. The fourth-order valence-corrected chi connectivity index (χ4v) is 3.42. The number of ether oxygens (including phenoxy) is 1. The molecule has 3 rings (SSSR count). The Hall–Kier alpha value is -3.26. The van der Waals surface area contributed by atoms with Crippen molar-refractivity contribution in [2.24, 2.45) is 0 Å². The third-order valence-corrected chi connectivity index (χ3v) is 4.65. The van der Waals surface area contributed by atoms with E-state index in [-0.39, 0.29) is 12.2 Å². The lowest BCUT2D eigenvalue weighted by Crippen LogP contribution is -2.00. The molecule has 0 unspecified atom stereocenters. The topological polar surface area (TPSA) is 88.5 Å². The Balaban J connectivity index is 1.88. The average molecular weight is 386 g/mol. The number of aliphatic carboxylic acids is 1. The number of carbonyl (C=O) groups excluding carboxylic acids is 1. The lowest BCUT2D eigenvalue weighted by molar-refractivity contribution is -0.136. The summed E-state index contributed by atoms with van der Waals surface area (Å²) in [5.74, 6) is -1.79. The normalized spacial score (nSPS) is 10.4. The second kappa shape index (κ2) is 7.96. The number of benzene rings is 2. The number of hydrogen-bond acceptors (Lipinski definition) is 6. The van der Waals surface area contributed by atoms with Crippen LogP contribution in [0.2, 0.25) is 0 Å². The van der Waals surface area contributed by atoms with Gasteiger partial charge in [0.05, 0.1) is 24.8 Å². The highest BCUT2D eigenvalue weighted by atomic mass is 32.1. The van der Waals surface area contributed by atoms with Crippen LogP contribution in [0.3, 0.4) is 0 Å². The van der Waals surface area contributed by atoms with E-state index in [1.807, 2.05) is 0 Å². The third kappa shape index (κ3) is 4.48. The Morgan fingerprint density at radius 3 is 2.41 bits per heavy atom. The monoisotopic (exact) mass is 386 g/mol. The summed E-state index contributed by atoms with van der Waals surface area (Å²) in [7, 11) is 1.31. The molecule has 0 spiro atoms. The molecule has 0 saturated heterocycles. The molecule has 0 aliphatic rings. The van der Waals surface area contributed by atoms with E-state index >= 15 is 0 Å². The van der Waals surface area contributed by atoms with Crippen LogP contribution in [-0.4, -0.2) is 29.1 Å². The SMILES string of the molecule is COC(=O)c1ccc(Nc2nc(-c3ccc(F)cc3)c(CC(=O)O)s2)cc1. The van der Waals surface area contributed by atoms with Crippen molar-refractivity contribution >= 4 is 34.1 Å². The number of carboxylic acid groups (broad SMARTS) is 1. The largest absolute Gasteiger partial charge is 0.481 e. The van der Waals surface area contributed by atoms with Gasteiger partial charge in [0.2, 0.25) is 0 Å². The minimum absolute atomic E-state index is 0.187. The van der Waals surface area contributed by atoms with Crippen molar-refractivity contribution < 1.29 is 23.8 Å². The molecule has 2 aromatic carbocycles. The average Bonchev–Trinajstić information content (AvgIpc) is 3.03. The Morgan fingerprint density at radius 1 is 1.15 bits per heavy atom. The zero-order chi connectivity index (χ0) is 19.4. The number of nitrogens with zero attached hydrogens (tertiary/aromatic N) is 1. The van der Waals surface area contributed by atoms with Gasteiger partial charge in [-0.15, -0.1) is 11.3 Å². The third-order valence-electron chi connectivity index (χ3n) is 3.68. The molecule has 1 aromatic heterocycles. The zero-order valence-electron chi connectivity index (χ0n) is 14.2. The second-order valence-corrected chi connectivity index (χ2v) is 6.65. The number of carboxylic acids is 1. The summed E-state index contributed by atoms with van der Waals surface area (Å²) < 4.78 is 17.8. The first-order valence-corrected chi connectivity index (χ1v) is 8.71. The molecule has 2 N–H and O–H groups in total. The van der Waals surface area contributed by atoms with Crippen molar-refractivity contribution in [1.82, 2.24) is 4.98 Å². The summed E-state index contributed by atoms with van der Waals surface area (Å²) in [6, 6.07) is 12.3. The fraction of sp³-hybridized carbons (Fsp3) is 0.105. The molecular formula is C19H15FN2O4S. The van der Waals surface area contributed by atoms with Gasteiger partial charge >= 0.3 is 11.9 Å². The van der Waals surface area contributed by atoms with Gasteiger partial charge in [-0.25, -0.2) is 14.2 Å². The minimum Gasteiger partial charge on any atom is -0.481 e. The maximum absolute atomic E-state index is 13.2. The van der Waals surface area contributed by atoms with Gasteiger partial charge in [-0.2, -0.15) is 0 Å². The molecule has 0 fully saturated rings. The molecule has 1 heterocycles. The van der Waals surface area contributed by atoms with Gasteiger partial charge in [-0.1, -0.05) is 0 Å². The van der Waals surface area contributed by atoms with Crippen LogP contribution in [0.15, 0.2) is 48.5 Å². The summed E-state index contributed by atoms with van der Waals surface area (Å²) >= 11 is 1.21. The number of anilines is 2. The summed E-state index contributed by atoms with van der Waals surface area (Å²) in [6.45, 7) is 0. The molecule has 0 amide bonds. The van der Waals surface area contributed by atoms with Crippen LogP contribution in [0.4, 0.5) is 15.2 Å². The number of halogens is 1. The van der Waals surface area contributed by atoms with Gasteiger partial charge in [-0.05, 0) is 48.5 Å². The number of thiazole rings is 1. The summed E-state index contributed by atoms with van der Waals surface area (Å²) in [5, 5.41) is 12.7. The van der Waals surface area contributed by atoms with Crippen molar-refractivity contribution in [2.45, 2.75) is 6.42 Å². The number of hydrogen-bond donors (Lipinski definition) is 2. The predicted molar refractivity (Wildman–Crippen MR) is 99.9 cm³/mol. The fourth-order valence-electron chi connectivity index (χ4n) is 2.43. The molecule has 138 valence electrons. The van der Waals surface area contributed by atoms with E-state index in [4.69, 9.17) is 5.11 Å². The molecule has 3 aromatic rings. The van der Waals surface area contributed by atoms with E-state index in [2.05, 4.69) is 15.0 Å². The van der Waals surface area contributed by atoms with Crippen LogP contribution in [-0.2, 0) is 16.0 Å². The Labute approximate surface area is 158 Å². The van der Waals surface area contributed by atoms with Crippen LogP contribution in [0.1, 0.15) is 15.2 Å². The molecule has 6 nitrogen and oxygen atoms in total. The quantitative estimate of drug-likeness (QED) is 0.620. The molecule has 0 bridgehead atoms. The zero-order valence-corrected chi connectivity index (χ0v) is 15.0. The van der Waals surface area contributed by atoms with Crippen molar-refractivity contribution in [3.05, 3.63) is 64.8 Å². The maximum atomic E-state index is 13.2.